The first-order chi connectivity index (χ1) is 8.63. The van der Waals surface area contributed by atoms with Crippen LogP contribution in [-0.4, -0.2) is 8.42 Å². The predicted molar refractivity (Wildman–Crippen MR) is 63.9 cm³/mol. The number of furan rings is 1. The van der Waals surface area contributed by atoms with E-state index in [9.17, 15) is 8.42 Å². The van der Waals surface area contributed by atoms with Crippen molar-refractivity contribution < 1.29 is 12.8 Å². The molecule has 18 heavy (non-hydrogen) atoms. The molecule has 2 aromatic rings. The van der Waals surface area contributed by atoms with Gasteiger partial charge in [0.25, 0.3) is 0 Å². The van der Waals surface area contributed by atoms with E-state index in [1.807, 2.05) is 6.07 Å². The molecule has 0 atom stereocenters. The number of nitriles is 1. The molecule has 0 bridgehead atoms. The van der Waals surface area contributed by atoms with Crippen molar-refractivity contribution in [1.29, 1.82) is 5.26 Å². The second kappa shape index (κ2) is 5.04. The number of hydrogen-bond donors (Lipinski definition) is 1. The smallest absolute Gasteiger partial charge is 0.242 e. The Morgan fingerprint density at radius 1 is 1.28 bits per heavy atom. The minimum atomic E-state index is -3.69. The molecule has 0 fully saturated rings. The van der Waals surface area contributed by atoms with E-state index in [4.69, 9.17) is 9.68 Å². The average Bonchev–Trinajstić information content (AvgIpc) is 2.89. The molecule has 1 aromatic heterocycles. The Balaban J connectivity index is 2.23. The second-order valence-corrected chi connectivity index (χ2v) is 5.30. The highest BCUT2D eigenvalue weighted by Gasteiger charge is 2.17. The molecule has 1 N–H and O–H groups in total. The highest BCUT2D eigenvalue weighted by atomic mass is 32.2. The highest BCUT2D eigenvalue weighted by molar-refractivity contribution is 7.89. The van der Waals surface area contributed by atoms with E-state index in [0.29, 0.717) is 5.56 Å². The summed E-state index contributed by atoms with van der Waals surface area (Å²) in [6.07, 6.45) is 2.92. The molecule has 0 radical (unpaired) electrons. The quantitative estimate of drug-likeness (QED) is 0.907. The Bertz CT molecular complexity index is 670. The third-order valence-corrected chi connectivity index (χ3v) is 3.80. The third kappa shape index (κ3) is 2.59. The predicted octanol–water partition coefficient (Wildman–Crippen LogP) is 1.63. The van der Waals surface area contributed by atoms with Crippen molar-refractivity contribution in [3.63, 3.8) is 0 Å². The normalized spacial score (nSPS) is 11.1. The number of rotatable bonds is 4. The summed E-state index contributed by atoms with van der Waals surface area (Å²) in [4.78, 5) is -0.0176. The van der Waals surface area contributed by atoms with Crippen molar-refractivity contribution in [3.05, 3.63) is 54.0 Å². The van der Waals surface area contributed by atoms with Gasteiger partial charge in [0, 0.05) is 12.1 Å². The van der Waals surface area contributed by atoms with E-state index >= 15 is 0 Å². The maximum Gasteiger partial charge on any atom is 0.242 e. The van der Waals surface area contributed by atoms with E-state index in [1.54, 1.807) is 18.2 Å². The summed E-state index contributed by atoms with van der Waals surface area (Å²) in [5.41, 5.74) is 0.838. The van der Waals surface area contributed by atoms with Gasteiger partial charge in [0.1, 0.15) is 6.07 Å². The minimum Gasteiger partial charge on any atom is -0.472 e. The molecule has 1 aromatic carbocycles. The first kappa shape index (κ1) is 12.4. The molecule has 0 aliphatic heterocycles. The van der Waals surface area contributed by atoms with Gasteiger partial charge in [-0.2, -0.15) is 5.26 Å². The van der Waals surface area contributed by atoms with Gasteiger partial charge in [-0.3, -0.25) is 0 Å². The number of nitrogens with zero attached hydrogens (tertiary/aromatic N) is 1. The van der Waals surface area contributed by atoms with Crippen LogP contribution in [0.25, 0.3) is 0 Å². The van der Waals surface area contributed by atoms with Crippen LogP contribution in [-0.2, 0) is 16.6 Å². The van der Waals surface area contributed by atoms with Crippen LogP contribution in [0.3, 0.4) is 0 Å². The van der Waals surface area contributed by atoms with Gasteiger partial charge in [0.15, 0.2) is 0 Å². The first-order valence-corrected chi connectivity index (χ1v) is 6.61. The molecular weight excluding hydrogens is 252 g/mol. The summed E-state index contributed by atoms with van der Waals surface area (Å²) in [5, 5.41) is 8.88. The van der Waals surface area contributed by atoms with Crippen LogP contribution in [0, 0.1) is 11.3 Å². The van der Waals surface area contributed by atoms with Crippen LogP contribution in [0.5, 0.6) is 0 Å². The maximum atomic E-state index is 12.0. The standard InChI is InChI=1S/C12H10N2O3S/c13-7-11-3-1-2-4-12(11)18(15,16)14-8-10-5-6-17-9-10/h1-6,9,14H,8H2. The fourth-order valence-electron chi connectivity index (χ4n) is 1.44. The van der Waals surface area contributed by atoms with Gasteiger partial charge < -0.3 is 4.42 Å². The number of hydrogen-bond acceptors (Lipinski definition) is 4. The molecule has 0 unspecified atom stereocenters. The van der Waals surface area contributed by atoms with Crippen molar-refractivity contribution in [2.75, 3.05) is 0 Å². The molecule has 1 heterocycles. The monoisotopic (exact) mass is 262 g/mol. The summed E-state index contributed by atoms with van der Waals surface area (Å²) < 4.78 is 31.3. The molecule has 0 amide bonds. The highest BCUT2D eigenvalue weighted by Crippen LogP contribution is 2.14. The summed E-state index contributed by atoms with van der Waals surface area (Å²) >= 11 is 0. The van der Waals surface area contributed by atoms with Gasteiger partial charge in [-0.1, -0.05) is 12.1 Å². The van der Waals surface area contributed by atoms with Crippen LogP contribution in [0.1, 0.15) is 11.1 Å². The molecular formula is C12H10N2O3S. The largest absolute Gasteiger partial charge is 0.472 e. The van der Waals surface area contributed by atoms with E-state index in [0.717, 1.165) is 0 Å². The maximum absolute atomic E-state index is 12.0. The van der Waals surface area contributed by atoms with E-state index < -0.39 is 10.0 Å². The summed E-state index contributed by atoms with van der Waals surface area (Å²) in [7, 11) is -3.69. The van der Waals surface area contributed by atoms with Gasteiger partial charge >= 0.3 is 0 Å². The lowest BCUT2D eigenvalue weighted by molar-refractivity contribution is 0.561. The zero-order chi connectivity index (χ0) is 13.0. The van der Waals surface area contributed by atoms with Gasteiger partial charge in [-0.25, -0.2) is 13.1 Å². The van der Waals surface area contributed by atoms with Crippen LogP contribution in [0.4, 0.5) is 0 Å². The third-order valence-electron chi connectivity index (χ3n) is 2.34. The lowest BCUT2D eigenvalue weighted by Crippen LogP contribution is -2.23. The molecule has 92 valence electrons. The Labute approximate surface area is 105 Å². The van der Waals surface area contributed by atoms with Gasteiger partial charge in [-0.05, 0) is 18.2 Å². The van der Waals surface area contributed by atoms with Gasteiger partial charge in [0.05, 0.1) is 23.0 Å². The van der Waals surface area contributed by atoms with Gasteiger partial charge in [-0.15, -0.1) is 0 Å². The van der Waals surface area contributed by atoms with Crippen LogP contribution >= 0.6 is 0 Å². The van der Waals surface area contributed by atoms with E-state index in [1.165, 1.54) is 24.7 Å². The minimum absolute atomic E-state index is 0.0176. The molecule has 6 heteroatoms. The van der Waals surface area contributed by atoms with Crippen LogP contribution < -0.4 is 4.72 Å². The Morgan fingerprint density at radius 2 is 2.06 bits per heavy atom. The molecule has 0 saturated carbocycles. The summed E-state index contributed by atoms with van der Waals surface area (Å²) in [6, 6.07) is 9.58. The van der Waals surface area contributed by atoms with Crippen LogP contribution in [0.2, 0.25) is 0 Å². The Kier molecular flexibility index (Phi) is 3.46. The molecule has 5 nitrogen and oxygen atoms in total. The average molecular weight is 262 g/mol. The molecule has 2 rings (SSSR count). The number of benzene rings is 1. The van der Waals surface area contributed by atoms with Crippen molar-refractivity contribution in [3.8, 4) is 6.07 Å². The van der Waals surface area contributed by atoms with E-state index in [-0.39, 0.29) is 17.0 Å². The lowest BCUT2D eigenvalue weighted by Gasteiger charge is -2.06. The topological polar surface area (TPSA) is 83.1 Å². The van der Waals surface area contributed by atoms with Crippen molar-refractivity contribution >= 4 is 10.0 Å². The fraction of sp³-hybridized carbons (Fsp3) is 0.0833. The zero-order valence-corrected chi connectivity index (χ0v) is 10.1. The van der Waals surface area contributed by atoms with Gasteiger partial charge in [0.2, 0.25) is 10.0 Å². The van der Waals surface area contributed by atoms with Crippen LogP contribution in [0.15, 0.2) is 52.2 Å². The fourth-order valence-corrected chi connectivity index (χ4v) is 2.62. The zero-order valence-electron chi connectivity index (χ0n) is 9.33. The molecule has 0 spiro atoms. The molecule has 0 aliphatic carbocycles. The second-order valence-electron chi connectivity index (χ2n) is 3.56. The Morgan fingerprint density at radius 3 is 2.72 bits per heavy atom. The SMILES string of the molecule is N#Cc1ccccc1S(=O)(=O)NCc1ccoc1. The summed E-state index contributed by atoms with van der Waals surface area (Å²) in [5.74, 6) is 0. The molecule has 0 saturated heterocycles. The number of nitrogens with one attached hydrogen (secondary N) is 1. The first-order valence-electron chi connectivity index (χ1n) is 5.13. The van der Waals surface area contributed by atoms with Crippen molar-refractivity contribution in [2.45, 2.75) is 11.4 Å². The Hall–Kier alpha value is -2.10. The van der Waals surface area contributed by atoms with Crippen molar-refractivity contribution in [2.24, 2.45) is 0 Å². The summed E-state index contributed by atoms with van der Waals surface area (Å²) in [6.45, 7) is 0.124. The number of sulfonamides is 1. The molecule has 0 aliphatic rings. The van der Waals surface area contributed by atoms with Crippen molar-refractivity contribution in [1.82, 2.24) is 4.72 Å². The lowest BCUT2D eigenvalue weighted by atomic mass is 10.2. The van der Waals surface area contributed by atoms with E-state index in [2.05, 4.69) is 4.72 Å².